The van der Waals surface area contributed by atoms with Crippen LogP contribution in [-0.2, 0) is 6.54 Å². The molecule has 0 aliphatic heterocycles. The fourth-order valence-corrected chi connectivity index (χ4v) is 4.07. The first-order chi connectivity index (χ1) is 15.8. The molecule has 0 unspecified atom stereocenters. The maximum atomic E-state index is 5.86. The number of nitrogens with zero attached hydrogens (tertiary/aromatic N) is 4. The van der Waals surface area contributed by atoms with E-state index in [0.29, 0.717) is 18.4 Å². The molecule has 0 saturated heterocycles. The second kappa shape index (κ2) is 11.5. The Labute approximate surface area is 199 Å². The summed E-state index contributed by atoms with van der Waals surface area (Å²) < 4.78 is 2.19. The Morgan fingerprint density at radius 1 is 0.939 bits per heavy atom. The molecule has 3 rings (SSSR count). The van der Waals surface area contributed by atoms with E-state index in [0.717, 1.165) is 67.5 Å². The minimum absolute atomic E-state index is 0.636. The van der Waals surface area contributed by atoms with Crippen LogP contribution in [0.5, 0.6) is 0 Å². The smallest absolute Gasteiger partial charge is 0.209 e. The molecule has 0 spiro atoms. The highest BCUT2D eigenvalue weighted by Crippen LogP contribution is 2.26. The number of anilines is 3. The van der Waals surface area contributed by atoms with Gasteiger partial charge in [-0.15, -0.1) is 0 Å². The van der Waals surface area contributed by atoms with E-state index in [1.807, 2.05) is 0 Å². The molecule has 2 heterocycles. The fraction of sp³-hybridized carbons (Fsp3) is 0.556. The van der Waals surface area contributed by atoms with Crippen molar-refractivity contribution in [3.8, 4) is 0 Å². The standard InChI is InChI=1S/C27H42N6/c1-19(2)10-14-32(15-11-20(3)4)25-9-8-24-26(31-25)33(13-7-12-28)27(30-24)29-23-17-21(5)16-22(6)18-23/h8-9,16-20H,7,10-15,28H2,1-6H3,(H,29,30). The van der Waals surface area contributed by atoms with Gasteiger partial charge in [0.25, 0.3) is 0 Å². The summed E-state index contributed by atoms with van der Waals surface area (Å²) in [5, 5.41) is 3.54. The third-order valence-corrected chi connectivity index (χ3v) is 5.92. The number of imidazole rings is 1. The second-order valence-electron chi connectivity index (χ2n) is 10.1. The van der Waals surface area contributed by atoms with Crippen LogP contribution in [0.1, 0.15) is 58.1 Å². The quantitative estimate of drug-likeness (QED) is 0.352. The second-order valence-corrected chi connectivity index (χ2v) is 10.1. The number of hydrogen-bond acceptors (Lipinski definition) is 5. The zero-order valence-corrected chi connectivity index (χ0v) is 21.4. The SMILES string of the molecule is Cc1cc(C)cc(Nc2nc3ccc(N(CCC(C)C)CCC(C)C)nc3n2CCCN)c1. The molecule has 0 amide bonds. The Bertz CT molecular complexity index is 1000. The van der Waals surface area contributed by atoms with E-state index >= 15 is 0 Å². The summed E-state index contributed by atoms with van der Waals surface area (Å²) >= 11 is 0. The molecule has 180 valence electrons. The van der Waals surface area contributed by atoms with Crippen molar-refractivity contribution in [2.45, 2.75) is 67.3 Å². The zero-order chi connectivity index (χ0) is 24.0. The van der Waals surface area contributed by atoms with Crippen LogP contribution in [0.15, 0.2) is 30.3 Å². The van der Waals surface area contributed by atoms with Crippen LogP contribution in [0.3, 0.4) is 0 Å². The number of benzene rings is 1. The average Bonchev–Trinajstić information content (AvgIpc) is 3.07. The van der Waals surface area contributed by atoms with Gasteiger partial charge in [0.2, 0.25) is 5.95 Å². The van der Waals surface area contributed by atoms with Gasteiger partial charge in [0.15, 0.2) is 5.65 Å². The molecule has 0 radical (unpaired) electrons. The van der Waals surface area contributed by atoms with E-state index in [-0.39, 0.29) is 0 Å². The number of fused-ring (bicyclic) bond motifs is 1. The summed E-state index contributed by atoms with van der Waals surface area (Å²) in [7, 11) is 0. The highest BCUT2D eigenvalue weighted by Gasteiger charge is 2.16. The Morgan fingerprint density at radius 3 is 2.15 bits per heavy atom. The zero-order valence-electron chi connectivity index (χ0n) is 21.4. The van der Waals surface area contributed by atoms with Crippen molar-refractivity contribution in [3.63, 3.8) is 0 Å². The van der Waals surface area contributed by atoms with Crippen LogP contribution in [0.25, 0.3) is 11.2 Å². The van der Waals surface area contributed by atoms with E-state index in [1.165, 1.54) is 11.1 Å². The van der Waals surface area contributed by atoms with Gasteiger partial charge in [0, 0.05) is 25.3 Å². The average molecular weight is 451 g/mol. The van der Waals surface area contributed by atoms with Gasteiger partial charge in [-0.05, 0) is 86.9 Å². The van der Waals surface area contributed by atoms with Crippen molar-refractivity contribution in [3.05, 3.63) is 41.5 Å². The molecule has 6 heteroatoms. The van der Waals surface area contributed by atoms with E-state index < -0.39 is 0 Å². The van der Waals surface area contributed by atoms with Crippen LogP contribution in [0.4, 0.5) is 17.5 Å². The third-order valence-electron chi connectivity index (χ3n) is 5.92. The molecule has 2 aromatic heterocycles. The Kier molecular flexibility index (Phi) is 8.73. The predicted molar refractivity (Wildman–Crippen MR) is 142 cm³/mol. The minimum atomic E-state index is 0.636. The molecule has 0 atom stereocenters. The van der Waals surface area contributed by atoms with Crippen molar-refractivity contribution in [1.29, 1.82) is 0 Å². The summed E-state index contributed by atoms with van der Waals surface area (Å²) in [4.78, 5) is 12.5. The highest BCUT2D eigenvalue weighted by molar-refractivity contribution is 5.78. The van der Waals surface area contributed by atoms with E-state index in [2.05, 4.69) is 86.7 Å². The summed E-state index contributed by atoms with van der Waals surface area (Å²) in [6, 6.07) is 10.7. The van der Waals surface area contributed by atoms with Crippen molar-refractivity contribution >= 4 is 28.6 Å². The number of nitrogens with one attached hydrogen (secondary N) is 1. The molecule has 0 fully saturated rings. The Morgan fingerprint density at radius 2 is 1.58 bits per heavy atom. The van der Waals surface area contributed by atoms with Crippen LogP contribution in [-0.4, -0.2) is 34.2 Å². The lowest BCUT2D eigenvalue weighted by Gasteiger charge is -2.25. The van der Waals surface area contributed by atoms with Crippen molar-refractivity contribution in [1.82, 2.24) is 14.5 Å². The first-order valence-corrected chi connectivity index (χ1v) is 12.4. The van der Waals surface area contributed by atoms with Gasteiger partial charge < -0.3 is 16.0 Å². The van der Waals surface area contributed by atoms with Gasteiger partial charge >= 0.3 is 0 Å². The lowest BCUT2D eigenvalue weighted by Crippen LogP contribution is -2.28. The topological polar surface area (TPSA) is 72.0 Å². The number of rotatable bonds is 12. The predicted octanol–water partition coefficient (Wildman–Crippen LogP) is 6.04. The number of aryl methyl sites for hydroxylation is 3. The molecule has 3 aromatic rings. The van der Waals surface area contributed by atoms with Gasteiger partial charge in [-0.1, -0.05) is 33.8 Å². The third kappa shape index (κ3) is 6.94. The molecule has 6 nitrogen and oxygen atoms in total. The van der Waals surface area contributed by atoms with Gasteiger partial charge in [-0.3, -0.25) is 4.57 Å². The number of pyridine rings is 1. The van der Waals surface area contributed by atoms with E-state index in [4.69, 9.17) is 15.7 Å². The van der Waals surface area contributed by atoms with E-state index in [1.54, 1.807) is 0 Å². The van der Waals surface area contributed by atoms with Gasteiger partial charge in [-0.25, -0.2) is 9.97 Å². The van der Waals surface area contributed by atoms with Gasteiger partial charge in [0.05, 0.1) is 0 Å². The fourth-order valence-electron chi connectivity index (χ4n) is 4.07. The molecule has 0 bridgehead atoms. The molecule has 0 aliphatic carbocycles. The first-order valence-electron chi connectivity index (χ1n) is 12.4. The molecule has 3 N–H and O–H groups in total. The van der Waals surface area contributed by atoms with Crippen LogP contribution >= 0.6 is 0 Å². The van der Waals surface area contributed by atoms with Crippen LogP contribution in [0, 0.1) is 25.7 Å². The van der Waals surface area contributed by atoms with Gasteiger partial charge in [0.1, 0.15) is 11.3 Å². The molecule has 0 saturated carbocycles. The Balaban J connectivity index is 1.98. The monoisotopic (exact) mass is 450 g/mol. The lowest BCUT2D eigenvalue weighted by atomic mass is 10.1. The molecule has 0 aliphatic rings. The highest BCUT2D eigenvalue weighted by atomic mass is 15.3. The Hall–Kier alpha value is -2.60. The summed E-state index contributed by atoms with van der Waals surface area (Å²) in [6.45, 7) is 16.8. The molecular formula is C27H42N6. The maximum Gasteiger partial charge on any atom is 0.209 e. The van der Waals surface area contributed by atoms with Crippen LogP contribution < -0.4 is 16.0 Å². The number of hydrogen-bond donors (Lipinski definition) is 2. The minimum Gasteiger partial charge on any atom is -0.357 e. The first kappa shape index (κ1) is 25.0. The molecule has 1 aromatic carbocycles. The van der Waals surface area contributed by atoms with Crippen LogP contribution in [0.2, 0.25) is 0 Å². The molecule has 33 heavy (non-hydrogen) atoms. The van der Waals surface area contributed by atoms with Crippen molar-refractivity contribution in [2.24, 2.45) is 17.6 Å². The van der Waals surface area contributed by atoms with Crippen molar-refractivity contribution in [2.75, 3.05) is 29.9 Å². The number of nitrogens with two attached hydrogens (primary N) is 1. The summed E-state index contributed by atoms with van der Waals surface area (Å²) in [5.41, 5.74) is 11.2. The summed E-state index contributed by atoms with van der Waals surface area (Å²) in [6.07, 6.45) is 3.19. The number of aromatic nitrogens is 3. The van der Waals surface area contributed by atoms with E-state index in [9.17, 15) is 0 Å². The lowest BCUT2D eigenvalue weighted by molar-refractivity contribution is 0.533. The molecular weight excluding hydrogens is 408 g/mol. The maximum absolute atomic E-state index is 5.86. The van der Waals surface area contributed by atoms with Crippen molar-refractivity contribution < 1.29 is 0 Å². The van der Waals surface area contributed by atoms with Gasteiger partial charge in [-0.2, -0.15) is 0 Å². The normalized spacial score (nSPS) is 11.7. The summed E-state index contributed by atoms with van der Waals surface area (Å²) in [5.74, 6) is 3.19. The largest absolute Gasteiger partial charge is 0.357 e.